The quantitative estimate of drug-likeness (QED) is 0.851. The maximum Gasteiger partial charge on any atom is 0.169 e. The maximum atomic E-state index is 13.9. The summed E-state index contributed by atoms with van der Waals surface area (Å²) in [6.45, 7) is 0. The van der Waals surface area contributed by atoms with Crippen LogP contribution in [0.2, 0.25) is 0 Å². The Balaban J connectivity index is 2.08. The molecule has 0 aliphatic heterocycles. The third-order valence-corrected chi connectivity index (χ3v) is 3.56. The number of rotatable bonds is 4. The molecule has 2 nitrogen and oxygen atoms in total. The fraction of sp³-hybridized carbons (Fsp3) is 0.143. The highest BCUT2D eigenvalue weighted by atomic mass is 32.2. The Morgan fingerprint density at radius 3 is 2.56 bits per heavy atom. The molecular formula is C14H13FO2S. The van der Waals surface area contributed by atoms with Crippen molar-refractivity contribution in [2.45, 2.75) is 10.6 Å². The van der Waals surface area contributed by atoms with E-state index in [2.05, 4.69) is 0 Å². The molecular weight excluding hydrogens is 251 g/mol. The predicted molar refractivity (Wildman–Crippen MR) is 70.6 cm³/mol. The largest absolute Gasteiger partial charge is 0.508 e. The Morgan fingerprint density at radius 1 is 1.17 bits per heavy atom. The number of phenolic OH excluding ortho intramolecular Hbond substituents is 1. The molecule has 2 aromatic rings. The second-order valence-corrected chi connectivity index (χ2v) is 4.76. The van der Waals surface area contributed by atoms with Crippen molar-refractivity contribution in [3.05, 3.63) is 53.8 Å². The van der Waals surface area contributed by atoms with Gasteiger partial charge in [-0.25, -0.2) is 4.39 Å². The zero-order valence-corrected chi connectivity index (χ0v) is 10.7. The number of hydrogen-bond acceptors (Lipinski definition) is 3. The number of halogens is 1. The van der Waals surface area contributed by atoms with Crippen LogP contribution in [0.25, 0.3) is 0 Å². The molecule has 0 bridgehead atoms. The number of ether oxygens (including phenoxy) is 1. The van der Waals surface area contributed by atoms with Crippen molar-refractivity contribution in [1.29, 1.82) is 0 Å². The van der Waals surface area contributed by atoms with Crippen LogP contribution in [0, 0.1) is 5.82 Å². The van der Waals surface area contributed by atoms with Crippen molar-refractivity contribution in [2.24, 2.45) is 0 Å². The number of methoxy groups -OCH3 is 1. The van der Waals surface area contributed by atoms with Gasteiger partial charge in [0, 0.05) is 16.2 Å². The normalized spacial score (nSPS) is 10.3. The third-order valence-electron chi connectivity index (χ3n) is 2.49. The van der Waals surface area contributed by atoms with Gasteiger partial charge in [-0.3, -0.25) is 0 Å². The van der Waals surface area contributed by atoms with Crippen LogP contribution in [-0.2, 0) is 5.75 Å². The van der Waals surface area contributed by atoms with Crippen LogP contribution in [0.15, 0.2) is 47.4 Å². The molecule has 94 valence electrons. The van der Waals surface area contributed by atoms with E-state index in [9.17, 15) is 4.39 Å². The molecule has 0 spiro atoms. The van der Waals surface area contributed by atoms with E-state index in [0.29, 0.717) is 11.3 Å². The Bertz CT molecular complexity index is 526. The van der Waals surface area contributed by atoms with Gasteiger partial charge in [0.1, 0.15) is 5.75 Å². The molecule has 4 heteroatoms. The third kappa shape index (κ3) is 2.96. The lowest BCUT2D eigenvalue weighted by molar-refractivity contribution is 0.385. The SMILES string of the molecule is COc1cccc(CSc2ccc(O)cc2)c1F. The van der Waals surface area contributed by atoms with Gasteiger partial charge in [-0.1, -0.05) is 12.1 Å². The summed E-state index contributed by atoms with van der Waals surface area (Å²) < 4.78 is 18.8. The first-order valence-electron chi connectivity index (χ1n) is 5.44. The molecule has 0 aliphatic rings. The van der Waals surface area contributed by atoms with E-state index in [1.165, 1.54) is 18.9 Å². The van der Waals surface area contributed by atoms with Gasteiger partial charge in [-0.05, 0) is 30.3 Å². The van der Waals surface area contributed by atoms with Gasteiger partial charge < -0.3 is 9.84 Å². The number of thioether (sulfide) groups is 1. The molecule has 0 fully saturated rings. The number of aromatic hydroxyl groups is 1. The average molecular weight is 264 g/mol. The van der Waals surface area contributed by atoms with E-state index >= 15 is 0 Å². The number of phenols is 1. The molecule has 0 aliphatic carbocycles. The van der Waals surface area contributed by atoms with E-state index in [-0.39, 0.29) is 17.3 Å². The lowest BCUT2D eigenvalue weighted by Crippen LogP contribution is -1.93. The van der Waals surface area contributed by atoms with Gasteiger partial charge in [-0.15, -0.1) is 11.8 Å². The van der Waals surface area contributed by atoms with E-state index in [1.807, 2.05) is 0 Å². The lowest BCUT2D eigenvalue weighted by Gasteiger charge is -2.07. The molecule has 0 atom stereocenters. The van der Waals surface area contributed by atoms with Crippen molar-refractivity contribution < 1.29 is 14.2 Å². The molecule has 0 radical (unpaired) electrons. The Hall–Kier alpha value is -1.68. The van der Waals surface area contributed by atoms with Crippen LogP contribution in [0.1, 0.15) is 5.56 Å². The van der Waals surface area contributed by atoms with Crippen LogP contribution in [-0.4, -0.2) is 12.2 Å². The predicted octanol–water partition coefficient (Wildman–Crippen LogP) is 3.83. The van der Waals surface area contributed by atoms with Crippen LogP contribution < -0.4 is 4.74 Å². The van der Waals surface area contributed by atoms with Crippen molar-refractivity contribution in [3.63, 3.8) is 0 Å². The minimum Gasteiger partial charge on any atom is -0.508 e. The monoisotopic (exact) mass is 264 g/mol. The van der Waals surface area contributed by atoms with Gasteiger partial charge in [0.05, 0.1) is 7.11 Å². The second kappa shape index (κ2) is 5.78. The molecule has 2 rings (SSSR count). The second-order valence-electron chi connectivity index (χ2n) is 3.72. The van der Waals surface area contributed by atoms with E-state index in [4.69, 9.17) is 9.84 Å². The van der Waals surface area contributed by atoms with Crippen LogP contribution in [0.3, 0.4) is 0 Å². The van der Waals surface area contributed by atoms with Gasteiger partial charge in [0.15, 0.2) is 11.6 Å². The zero-order chi connectivity index (χ0) is 13.0. The Morgan fingerprint density at radius 2 is 1.89 bits per heavy atom. The summed E-state index contributed by atoms with van der Waals surface area (Å²) in [5, 5.41) is 9.17. The molecule has 0 saturated heterocycles. The van der Waals surface area contributed by atoms with E-state index < -0.39 is 0 Å². The lowest BCUT2D eigenvalue weighted by atomic mass is 10.2. The first kappa shape index (κ1) is 12.8. The molecule has 2 aromatic carbocycles. The minimum absolute atomic E-state index is 0.229. The molecule has 0 unspecified atom stereocenters. The summed E-state index contributed by atoms with van der Waals surface area (Å²) in [6, 6.07) is 12.0. The smallest absolute Gasteiger partial charge is 0.169 e. The van der Waals surface area contributed by atoms with Gasteiger partial charge in [-0.2, -0.15) is 0 Å². The van der Waals surface area contributed by atoms with Crippen LogP contribution >= 0.6 is 11.8 Å². The summed E-state index contributed by atoms with van der Waals surface area (Å²) >= 11 is 1.51. The number of benzene rings is 2. The first-order valence-corrected chi connectivity index (χ1v) is 6.42. The standard InChI is InChI=1S/C14H13FO2S/c1-17-13-4-2-3-10(14(13)15)9-18-12-7-5-11(16)6-8-12/h2-8,16H,9H2,1H3. The van der Waals surface area contributed by atoms with Gasteiger partial charge in [0.25, 0.3) is 0 Å². The first-order chi connectivity index (χ1) is 8.70. The molecule has 18 heavy (non-hydrogen) atoms. The summed E-state index contributed by atoms with van der Waals surface area (Å²) in [5.41, 5.74) is 0.604. The summed E-state index contributed by atoms with van der Waals surface area (Å²) in [4.78, 5) is 0.981. The Kier molecular flexibility index (Phi) is 4.10. The van der Waals surface area contributed by atoms with Crippen molar-refractivity contribution in [3.8, 4) is 11.5 Å². The molecule has 0 heterocycles. The van der Waals surface area contributed by atoms with Crippen LogP contribution in [0.5, 0.6) is 11.5 Å². The fourth-order valence-electron chi connectivity index (χ4n) is 1.53. The summed E-state index contributed by atoms with van der Waals surface area (Å²) in [7, 11) is 1.45. The van der Waals surface area contributed by atoms with E-state index in [0.717, 1.165) is 4.90 Å². The van der Waals surface area contributed by atoms with Gasteiger partial charge in [0.2, 0.25) is 0 Å². The molecule has 0 saturated carbocycles. The fourth-order valence-corrected chi connectivity index (χ4v) is 2.40. The van der Waals surface area contributed by atoms with Crippen molar-refractivity contribution in [1.82, 2.24) is 0 Å². The number of hydrogen-bond donors (Lipinski definition) is 1. The maximum absolute atomic E-state index is 13.9. The highest BCUT2D eigenvalue weighted by Crippen LogP contribution is 2.28. The van der Waals surface area contributed by atoms with E-state index in [1.54, 1.807) is 42.5 Å². The molecule has 0 amide bonds. The average Bonchev–Trinajstić information content (AvgIpc) is 2.39. The highest BCUT2D eigenvalue weighted by Gasteiger charge is 2.08. The topological polar surface area (TPSA) is 29.5 Å². The van der Waals surface area contributed by atoms with Crippen molar-refractivity contribution in [2.75, 3.05) is 7.11 Å². The van der Waals surface area contributed by atoms with Crippen LogP contribution in [0.4, 0.5) is 4.39 Å². The summed E-state index contributed by atoms with van der Waals surface area (Å²) in [5.74, 6) is 0.699. The minimum atomic E-state index is -0.314. The van der Waals surface area contributed by atoms with Crippen molar-refractivity contribution >= 4 is 11.8 Å². The molecule has 0 aromatic heterocycles. The zero-order valence-electron chi connectivity index (χ0n) is 9.89. The molecule has 1 N–H and O–H groups in total. The highest BCUT2D eigenvalue weighted by molar-refractivity contribution is 7.98. The summed E-state index contributed by atoms with van der Waals surface area (Å²) in [6.07, 6.45) is 0. The Labute approximate surface area is 109 Å². The van der Waals surface area contributed by atoms with Gasteiger partial charge >= 0.3 is 0 Å².